The largest absolute Gasteiger partial charge is 0.480 e. The van der Waals surface area contributed by atoms with Gasteiger partial charge in [0.15, 0.2) is 9.84 Å². The zero-order valence-electron chi connectivity index (χ0n) is 11.5. The molecule has 0 aromatic rings. The average Bonchev–Trinajstić information content (AvgIpc) is 3.09. The van der Waals surface area contributed by atoms with E-state index in [-0.39, 0.29) is 18.2 Å². The first-order chi connectivity index (χ1) is 8.59. The third-order valence-electron chi connectivity index (χ3n) is 3.49. The van der Waals surface area contributed by atoms with Crippen molar-refractivity contribution >= 4 is 21.7 Å². The molecule has 7 heteroatoms. The summed E-state index contributed by atoms with van der Waals surface area (Å²) in [6.45, 7) is 4.36. The Morgan fingerprint density at radius 3 is 2.26 bits per heavy atom. The summed E-state index contributed by atoms with van der Waals surface area (Å²) in [6, 6.07) is 0.0490. The number of amides is 1. The highest BCUT2D eigenvalue weighted by Crippen LogP contribution is 2.27. The SMILES string of the molecule is CC(C)S(=O)(=O)CCC(C)(C(=O)O)C(=O)NC1CC1. The summed E-state index contributed by atoms with van der Waals surface area (Å²) in [6.07, 6.45) is 1.50. The van der Waals surface area contributed by atoms with Gasteiger partial charge in [0.1, 0.15) is 5.41 Å². The molecular weight excluding hydrogens is 270 g/mol. The fraction of sp³-hybridized carbons (Fsp3) is 0.833. The zero-order chi connectivity index (χ0) is 14.8. The second-order valence-electron chi connectivity index (χ2n) is 5.55. The normalized spacial score (nSPS) is 18.9. The lowest BCUT2D eigenvalue weighted by Crippen LogP contribution is -2.46. The van der Waals surface area contributed by atoms with Crippen LogP contribution in [-0.2, 0) is 19.4 Å². The van der Waals surface area contributed by atoms with Crippen LogP contribution >= 0.6 is 0 Å². The van der Waals surface area contributed by atoms with Gasteiger partial charge in [0.25, 0.3) is 0 Å². The van der Waals surface area contributed by atoms with Crippen molar-refractivity contribution in [3.8, 4) is 0 Å². The molecule has 110 valence electrons. The van der Waals surface area contributed by atoms with E-state index in [0.717, 1.165) is 12.8 Å². The first-order valence-corrected chi connectivity index (χ1v) is 8.07. The molecule has 1 rings (SSSR count). The molecule has 0 aromatic heterocycles. The number of hydrogen-bond donors (Lipinski definition) is 2. The van der Waals surface area contributed by atoms with Gasteiger partial charge < -0.3 is 10.4 Å². The van der Waals surface area contributed by atoms with Gasteiger partial charge in [-0.2, -0.15) is 0 Å². The number of carboxylic acid groups (broad SMARTS) is 1. The lowest BCUT2D eigenvalue weighted by Gasteiger charge is -2.24. The van der Waals surface area contributed by atoms with Crippen LogP contribution in [0.15, 0.2) is 0 Å². The molecule has 19 heavy (non-hydrogen) atoms. The smallest absolute Gasteiger partial charge is 0.318 e. The van der Waals surface area contributed by atoms with E-state index in [1.165, 1.54) is 20.8 Å². The van der Waals surface area contributed by atoms with E-state index >= 15 is 0 Å². The van der Waals surface area contributed by atoms with Crippen molar-refractivity contribution in [2.24, 2.45) is 5.41 Å². The minimum atomic E-state index is -3.35. The number of hydrogen-bond acceptors (Lipinski definition) is 4. The second-order valence-corrected chi connectivity index (χ2v) is 8.23. The van der Waals surface area contributed by atoms with Crippen molar-refractivity contribution in [3.05, 3.63) is 0 Å². The number of rotatable bonds is 7. The van der Waals surface area contributed by atoms with Crippen LogP contribution < -0.4 is 5.32 Å². The van der Waals surface area contributed by atoms with Gasteiger partial charge in [-0.3, -0.25) is 9.59 Å². The second kappa shape index (κ2) is 5.48. The Balaban J connectivity index is 2.76. The molecule has 1 fully saturated rings. The van der Waals surface area contributed by atoms with Crippen LogP contribution in [0.1, 0.15) is 40.0 Å². The van der Waals surface area contributed by atoms with E-state index in [1.807, 2.05) is 0 Å². The molecule has 2 N–H and O–H groups in total. The van der Waals surface area contributed by atoms with E-state index in [4.69, 9.17) is 0 Å². The molecule has 0 aliphatic heterocycles. The summed E-state index contributed by atoms with van der Waals surface area (Å²) in [5, 5.41) is 11.3. The van der Waals surface area contributed by atoms with E-state index in [9.17, 15) is 23.1 Å². The maximum atomic E-state index is 12.0. The monoisotopic (exact) mass is 291 g/mol. The molecule has 1 atom stereocenters. The number of sulfone groups is 1. The van der Waals surface area contributed by atoms with Crippen molar-refractivity contribution < 1.29 is 23.1 Å². The first kappa shape index (κ1) is 15.9. The predicted octanol–water partition coefficient (Wildman–Crippen LogP) is 0.569. The highest BCUT2D eigenvalue weighted by molar-refractivity contribution is 7.91. The summed E-state index contributed by atoms with van der Waals surface area (Å²) < 4.78 is 23.5. The van der Waals surface area contributed by atoms with Crippen molar-refractivity contribution in [2.75, 3.05) is 5.75 Å². The predicted molar refractivity (Wildman–Crippen MR) is 70.4 cm³/mol. The molecule has 0 spiro atoms. The van der Waals surface area contributed by atoms with E-state index in [2.05, 4.69) is 5.32 Å². The summed E-state index contributed by atoms with van der Waals surface area (Å²) in [7, 11) is -3.35. The Kier molecular flexibility index (Phi) is 4.60. The molecule has 1 saturated carbocycles. The Hall–Kier alpha value is -1.11. The molecule has 1 aliphatic carbocycles. The molecule has 0 bridgehead atoms. The van der Waals surface area contributed by atoms with Gasteiger partial charge in [0.2, 0.25) is 5.91 Å². The van der Waals surface area contributed by atoms with Crippen LogP contribution in [0.4, 0.5) is 0 Å². The molecule has 0 radical (unpaired) electrons. The summed E-state index contributed by atoms with van der Waals surface area (Å²) in [4.78, 5) is 23.3. The molecule has 0 saturated heterocycles. The number of carbonyl (C=O) groups excluding carboxylic acids is 1. The molecule has 0 heterocycles. The summed E-state index contributed by atoms with van der Waals surface area (Å²) in [5.74, 6) is -2.18. The van der Waals surface area contributed by atoms with Crippen molar-refractivity contribution in [1.82, 2.24) is 5.32 Å². The third kappa shape index (κ3) is 3.92. The standard InChI is InChI=1S/C12H21NO5S/c1-8(2)19(17,18)7-6-12(3,11(15)16)10(14)13-9-4-5-9/h8-9H,4-7H2,1-3H3,(H,13,14)(H,15,16). The van der Waals surface area contributed by atoms with Crippen molar-refractivity contribution in [3.63, 3.8) is 0 Å². The minimum absolute atomic E-state index is 0.0490. The quantitative estimate of drug-likeness (QED) is 0.668. The van der Waals surface area contributed by atoms with Gasteiger partial charge in [-0.15, -0.1) is 0 Å². The number of carboxylic acids is 1. The lowest BCUT2D eigenvalue weighted by atomic mass is 9.86. The van der Waals surface area contributed by atoms with Gasteiger partial charge in [0.05, 0.1) is 11.0 Å². The highest BCUT2D eigenvalue weighted by Gasteiger charge is 2.44. The van der Waals surface area contributed by atoms with E-state index in [1.54, 1.807) is 0 Å². The van der Waals surface area contributed by atoms with Crippen molar-refractivity contribution in [2.45, 2.75) is 51.3 Å². The minimum Gasteiger partial charge on any atom is -0.480 e. The Morgan fingerprint density at radius 1 is 1.37 bits per heavy atom. The van der Waals surface area contributed by atoms with Crippen LogP contribution in [0.25, 0.3) is 0 Å². The molecule has 1 amide bonds. The van der Waals surface area contributed by atoms with Gasteiger partial charge in [-0.05, 0) is 40.0 Å². The molecule has 1 unspecified atom stereocenters. The fourth-order valence-electron chi connectivity index (χ4n) is 1.47. The summed E-state index contributed by atoms with van der Waals surface area (Å²) in [5.41, 5.74) is -1.69. The molecule has 0 aromatic carbocycles. The van der Waals surface area contributed by atoms with Gasteiger partial charge in [-0.1, -0.05) is 0 Å². The highest BCUT2D eigenvalue weighted by atomic mass is 32.2. The Morgan fingerprint density at radius 2 is 1.89 bits per heavy atom. The topological polar surface area (TPSA) is 101 Å². The summed E-state index contributed by atoms with van der Waals surface area (Å²) >= 11 is 0. The molecule has 1 aliphatic rings. The lowest BCUT2D eigenvalue weighted by molar-refractivity contribution is -0.154. The van der Waals surface area contributed by atoms with Crippen LogP contribution in [0.5, 0.6) is 0 Å². The zero-order valence-corrected chi connectivity index (χ0v) is 12.3. The maximum absolute atomic E-state index is 12.0. The number of nitrogens with one attached hydrogen (secondary N) is 1. The van der Waals surface area contributed by atoms with E-state index < -0.39 is 32.4 Å². The van der Waals surface area contributed by atoms with Crippen LogP contribution in [0, 0.1) is 5.41 Å². The first-order valence-electron chi connectivity index (χ1n) is 6.35. The van der Waals surface area contributed by atoms with Crippen molar-refractivity contribution in [1.29, 1.82) is 0 Å². The van der Waals surface area contributed by atoms with Gasteiger partial charge >= 0.3 is 5.97 Å². The van der Waals surface area contributed by atoms with Gasteiger partial charge in [0, 0.05) is 6.04 Å². The van der Waals surface area contributed by atoms with Gasteiger partial charge in [-0.25, -0.2) is 8.42 Å². The average molecular weight is 291 g/mol. The number of aliphatic carboxylic acids is 1. The number of carbonyl (C=O) groups is 2. The van der Waals surface area contributed by atoms with Crippen LogP contribution in [0.2, 0.25) is 0 Å². The Bertz CT molecular complexity index is 467. The van der Waals surface area contributed by atoms with Crippen LogP contribution in [-0.4, -0.2) is 42.4 Å². The Labute approximate surface area is 113 Å². The molecular formula is C12H21NO5S. The molecule has 6 nitrogen and oxygen atoms in total. The fourth-order valence-corrected chi connectivity index (χ4v) is 2.64. The van der Waals surface area contributed by atoms with E-state index in [0.29, 0.717) is 0 Å². The maximum Gasteiger partial charge on any atom is 0.318 e. The third-order valence-corrected chi connectivity index (χ3v) is 5.70. The van der Waals surface area contributed by atoms with Crippen LogP contribution in [0.3, 0.4) is 0 Å².